The van der Waals surface area contributed by atoms with Crippen LogP contribution in [-0.4, -0.2) is 44.8 Å². The van der Waals surface area contributed by atoms with Crippen molar-refractivity contribution in [1.82, 2.24) is 30.0 Å². The molecule has 2 aromatic heterocycles. The number of amides is 1. The quantitative estimate of drug-likeness (QED) is 0.396. The molecule has 0 fully saturated rings. The van der Waals surface area contributed by atoms with Crippen LogP contribution in [0.3, 0.4) is 0 Å². The second-order valence-electron chi connectivity index (χ2n) is 8.05. The molecular formula is C24H23FN8O3. The Bertz CT molecular complexity index is 1460. The van der Waals surface area contributed by atoms with Crippen LogP contribution >= 0.6 is 0 Å². The minimum Gasteiger partial charge on any atom is -0.494 e. The standard InChI is InChI=1S/C24H23FN8O3/c1-26-23(34)17-9-27-24-29-15-4-5-18(25)14(8-15)11-36-10-13-6-16(21-28-12-33(2)32-21)20(35-3)19(7-13)30-22(17)31-24/h4-9,12H,10-11H2,1-3H3,(H,26,34)(H2,27,29,30,31). The van der Waals surface area contributed by atoms with Gasteiger partial charge in [0.05, 0.1) is 31.6 Å². The maximum absolute atomic E-state index is 14.4. The maximum atomic E-state index is 14.4. The van der Waals surface area contributed by atoms with Gasteiger partial charge in [-0.3, -0.25) is 9.48 Å². The second kappa shape index (κ2) is 9.58. The van der Waals surface area contributed by atoms with Gasteiger partial charge in [-0.1, -0.05) is 0 Å². The average Bonchev–Trinajstić information content (AvgIpc) is 3.31. The predicted molar refractivity (Wildman–Crippen MR) is 130 cm³/mol. The number of hydrogen-bond donors (Lipinski definition) is 3. The third-order valence-corrected chi connectivity index (χ3v) is 5.53. The molecule has 5 rings (SSSR count). The number of rotatable bonds is 3. The van der Waals surface area contributed by atoms with Crippen LogP contribution in [0, 0.1) is 5.82 Å². The molecule has 0 spiro atoms. The van der Waals surface area contributed by atoms with Crippen molar-refractivity contribution in [3.05, 3.63) is 65.4 Å². The van der Waals surface area contributed by atoms with Crippen LogP contribution in [0.25, 0.3) is 11.4 Å². The molecule has 3 heterocycles. The number of halogens is 1. The predicted octanol–water partition coefficient (Wildman–Crippen LogP) is 3.30. The average molecular weight is 490 g/mol. The zero-order chi connectivity index (χ0) is 25.2. The van der Waals surface area contributed by atoms with Gasteiger partial charge >= 0.3 is 0 Å². The van der Waals surface area contributed by atoms with E-state index < -0.39 is 0 Å². The maximum Gasteiger partial charge on any atom is 0.256 e. The van der Waals surface area contributed by atoms with Crippen molar-refractivity contribution in [1.29, 1.82) is 0 Å². The molecular weight excluding hydrogens is 467 g/mol. The minimum absolute atomic E-state index is 0.0506. The van der Waals surface area contributed by atoms with Gasteiger partial charge in [-0.15, -0.1) is 0 Å². The number of hydrogen-bond acceptors (Lipinski definition) is 9. The third kappa shape index (κ3) is 4.53. The first kappa shape index (κ1) is 23.2. The van der Waals surface area contributed by atoms with Crippen molar-refractivity contribution >= 4 is 29.0 Å². The molecule has 1 aliphatic heterocycles. The lowest BCUT2D eigenvalue weighted by Gasteiger charge is -2.18. The third-order valence-electron chi connectivity index (χ3n) is 5.53. The van der Waals surface area contributed by atoms with Crippen LogP contribution < -0.4 is 20.7 Å². The molecule has 0 aliphatic carbocycles. The van der Waals surface area contributed by atoms with Crippen molar-refractivity contribution in [2.45, 2.75) is 13.2 Å². The van der Waals surface area contributed by atoms with Crippen molar-refractivity contribution < 1.29 is 18.7 Å². The number of aromatic nitrogens is 5. The molecule has 184 valence electrons. The zero-order valence-electron chi connectivity index (χ0n) is 19.8. The Kier molecular flexibility index (Phi) is 6.17. The summed E-state index contributed by atoms with van der Waals surface area (Å²) in [5, 5.41) is 13.3. The SMILES string of the molecule is CNC(=O)c1cnc2nc1Nc1cc(cc(-c3ncn(C)n3)c1OC)COCc1cc(ccc1F)N2. The van der Waals surface area contributed by atoms with Gasteiger partial charge in [-0.2, -0.15) is 10.1 Å². The second-order valence-corrected chi connectivity index (χ2v) is 8.05. The first-order valence-electron chi connectivity index (χ1n) is 11.0. The van der Waals surface area contributed by atoms with Crippen LogP contribution in [0.1, 0.15) is 21.5 Å². The summed E-state index contributed by atoms with van der Waals surface area (Å²) in [6.07, 6.45) is 2.99. The van der Waals surface area contributed by atoms with Crippen LogP contribution in [0.2, 0.25) is 0 Å². The summed E-state index contributed by atoms with van der Waals surface area (Å²) in [4.78, 5) is 25.7. The largest absolute Gasteiger partial charge is 0.494 e. The molecule has 36 heavy (non-hydrogen) atoms. The molecule has 0 saturated heterocycles. The first-order valence-corrected chi connectivity index (χ1v) is 11.0. The van der Waals surface area contributed by atoms with Gasteiger partial charge in [0, 0.05) is 31.5 Å². The number of anilines is 4. The Morgan fingerprint density at radius 3 is 2.81 bits per heavy atom. The number of ether oxygens (including phenoxy) is 2. The monoisotopic (exact) mass is 490 g/mol. The zero-order valence-corrected chi connectivity index (χ0v) is 19.8. The Labute approximate surface area is 205 Å². The summed E-state index contributed by atoms with van der Waals surface area (Å²) in [5.41, 5.74) is 3.04. The molecule has 6 bridgehead atoms. The van der Waals surface area contributed by atoms with Gasteiger partial charge in [0.2, 0.25) is 5.95 Å². The van der Waals surface area contributed by atoms with Crippen LogP contribution in [-0.2, 0) is 25.0 Å². The van der Waals surface area contributed by atoms with Gasteiger partial charge in [0.25, 0.3) is 5.91 Å². The Morgan fingerprint density at radius 1 is 1.19 bits per heavy atom. The van der Waals surface area contributed by atoms with Gasteiger partial charge in [-0.25, -0.2) is 14.4 Å². The lowest BCUT2D eigenvalue weighted by molar-refractivity contribution is 0.0963. The van der Waals surface area contributed by atoms with Gasteiger partial charge in [0.15, 0.2) is 11.6 Å². The van der Waals surface area contributed by atoms with E-state index in [1.54, 1.807) is 30.2 Å². The number of nitrogens with zero attached hydrogens (tertiary/aromatic N) is 5. The molecule has 2 aromatic carbocycles. The normalized spacial score (nSPS) is 12.7. The van der Waals surface area contributed by atoms with Gasteiger partial charge < -0.3 is 25.4 Å². The van der Waals surface area contributed by atoms with E-state index in [1.165, 1.54) is 26.4 Å². The fourth-order valence-corrected chi connectivity index (χ4v) is 3.85. The van der Waals surface area contributed by atoms with Gasteiger partial charge in [0.1, 0.15) is 23.5 Å². The number of carbonyl (C=O) groups excluding carboxylic acids is 1. The number of methoxy groups -OCH3 is 1. The van der Waals surface area contributed by atoms with E-state index in [0.29, 0.717) is 34.1 Å². The molecule has 1 aliphatic rings. The van der Waals surface area contributed by atoms with E-state index in [9.17, 15) is 9.18 Å². The number of nitrogens with one attached hydrogen (secondary N) is 3. The molecule has 0 atom stereocenters. The molecule has 0 unspecified atom stereocenters. The fourth-order valence-electron chi connectivity index (χ4n) is 3.85. The van der Waals surface area contributed by atoms with Crippen LogP contribution in [0.4, 0.5) is 27.5 Å². The summed E-state index contributed by atoms with van der Waals surface area (Å²) in [5.74, 6) is 0.573. The van der Waals surface area contributed by atoms with E-state index in [2.05, 4.69) is 36.0 Å². The van der Waals surface area contributed by atoms with Crippen molar-refractivity contribution in [2.75, 3.05) is 24.8 Å². The lowest BCUT2D eigenvalue weighted by Crippen LogP contribution is -2.20. The molecule has 4 aromatic rings. The Hall–Kier alpha value is -4.58. The number of benzene rings is 2. The summed E-state index contributed by atoms with van der Waals surface area (Å²) < 4.78 is 27.6. The first-order chi connectivity index (χ1) is 17.4. The van der Waals surface area contributed by atoms with E-state index in [4.69, 9.17) is 9.47 Å². The highest BCUT2D eigenvalue weighted by Gasteiger charge is 2.21. The van der Waals surface area contributed by atoms with Crippen molar-refractivity contribution in [3.8, 4) is 17.1 Å². The minimum atomic E-state index is -0.389. The highest BCUT2D eigenvalue weighted by molar-refractivity contribution is 5.99. The summed E-state index contributed by atoms with van der Waals surface area (Å²) >= 11 is 0. The van der Waals surface area contributed by atoms with Gasteiger partial charge in [-0.05, 0) is 35.9 Å². The molecule has 0 radical (unpaired) electrons. The van der Waals surface area contributed by atoms with E-state index in [1.807, 2.05) is 12.1 Å². The fraction of sp³-hybridized carbons (Fsp3) is 0.208. The number of carbonyl (C=O) groups is 1. The molecule has 11 nitrogen and oxygen atoms in total. The van der Waals surface area contributed by atoms with Crippen molar-refractivity contribution in [2.24, 2.45) is 7.05 Å². The van der Waals surface area contributed by atoms with E-state index >= 15 is 0 Å². The smallest absolute Gasteiger partial charge is 0.256 e. The summed E-state index contributed by atoms with van der Waals surface area (Å²) in [6.45, 7) is 0.224. The number of fused-ring (bicyclic) bond motifs is 6. The van der Waals surface area contributed by atoms with Crippen LogP contribution in [0.5, 0.6) is 5.75 Å². The van der Waals surface area contributed by atoms with Crippen LogP contribution in [0.15, 0.2) is 42.9 Å². The Morgan fingerprint density at radius 2 is 2.06 bits per heavy atom. The molecule has 0 saturated carbocycles. The molecule has 3 N–H and O–H groups in total. The highest BCUT2D eigenvalue weighted by Crippen LogP contribution is 2.39. The topological polar surface area (TPSA) is 128 Å². The number of aryl methyl sites for hydroxylation is 1. The van der Waals surface area contributed by atoms with Crippen molar-refractivity contribution in [3.63, 3.8) is 0 Å². The molecule has 1 amide bonds. The Balaban J connectivity index is 1.70. The summed E-state index contributed by atoms with van der Waals surface area (Å²) in [6, 6.07) is 8.22. The summed E-state index contributed by atoms with van der Waals surface area (Å²) in [7, 11) is 4.82. The lowest BCUT2D eigenvalue weighted by atomic mass is 10.1. The highest BCUT2D eigenvalue weighted by atomic mass is 19.1. The molecule has 12 heteroatoms. The van der Waals surface area contributed by atoms with E-state index in [-0.39, 0.29) is 42.3 Å². The van der Waals surface area contributed by atoms with E-state index in [0.717, 1.165) is 5.56 Å².